The van der Waals surface area contributed by atoms with Crippen molar-refractivity contribution in [2.45, 2.75) is 31.8 Å². The van der Waals surface area contributed by atoms with Crippen LogP contribution in [0.25, 0.3) is 0 Å². The fourth-order valence-electron chi connectivity index (χ4n) is 3.63. The monoisotopic (exact) mass is 515 g/mol. The standard InChI is InChI=1S/C24H24F3N7O3/c1-28-23-30-8-6-16(33-23)13-31-20-18(4-2-7-29-20)22(36)32-17-11-14(10-15(12-17)24(25,26)27)21(35)34-19-5-3-9-37-19/h2,4,6-8,10-12,19H,3,5,9,13H2,1H3,(H,29,31)(H,32,36)(H,34,35)(H,28,30,33). The number of nitrogens with one attached hydrogen (secondary N) is 4. The van der Waals surface area contributed by atoms with E-state index in [1.807, 2.05) is 0 Å². The molecule has 1 aromatic carbocycles. The summed E-state index contributed by atoms with van der Waals surface area (Å²) in [5.41, 5.74) is -0.809. The Morgan fingerprint density at radius 1 is 1.11 bits per heavy atom. The number of pyridine rings is 1. The number of hydrogen-bond acceptors (Lipinski definition) is 8. The van der Waals surface area contributed by atoms with Crippen molar-refractivity contribution >= 4 is 29.3 Å². The van der Waals surface area contributed by atoms with Crippen molar-refractivity contribution in [3.05, 3.63) is 71.2 Å². The Morgan fingerprint density at radius 3 is 2.68 bits per heavy atom. The van der Waals surface area contributed by atoms with Crippen LogP contribution in [0.2, 0.25) is 0 Å². The van der Waals surface area contributed by atoms with Crippen molar-refractivity contribution < 1.29 is 27.5 Å². The second kappa shape index (κ2) is 11.2. The quantitative estimate of drug-likeness (QED) is 0.358. The van der Waals surface area contributed by atoms with E-state index in [0.29, 0.717) is 24.7 Å². The van der Waals surface area contributed by atoms with Crippen molar-refractivity contribution in [1.82, 2.24) is 20.3 Å². The van der Waals surface area contributed by atoms with E-state index < -0.39 is 29.8 Å². The van der Waals surface area contributed by atoms with Gasteiger partial charge in [-0.15, -0.1) is 0 Å². The summed E-state index contributed by atoms with van der Waals surface area (Å²) in [7, 11) is 1.68. The summed E-state index contributed by atoms with van der Waals surface area (Å²) in [6.45, 7) is 0.676. The number of carbonyl (C=O) groups excluding carboxylic acids is 2. The molecule has 4 N–H and O–H groups in total. The van der Waals surface area contributed by atoms with Crippen molar-refractivity contribution in [1.29, 1.82) is 0 Å². The minimum Gasteiger partial charge on any atom is -0.364 e. The van der Waals surface area contributed by atoms with Crippen LogP contribution in [0.3, 0.4) is 0 Å². The molecule has 1 unspecified atom stereocenters. The molecule has 1 fully saturated rings. The van der Waals surface area contributed by atoms with Crippen LogP contribution in [0, 0.1) is 0 Å². The number of aromatic nitrogens is 3. The maximum absolute atomic E-state index is 13.6. The molecule has 1 atom stereocenters. The van der Waals surface area contributed by atoms with Gasteiger partial charge >= 0.3 is 6.18 Å². The molecule has 1 aliphatic heterocycles. The van der Waals surface area contributed by atoms with Gasteiger partial charge in [-0.3, -0.25) is 9.59 Å². The average Bonchev–Trinajstić information content (AvgIpc) is 3.40. The molecule has 37 heavy (non-hydrogen) atoms. The third kappa shape index (κ3) is 6.70. The van der Waals surface area contributed by atoms with Gasteiger partial charge in [-0.2, -0.15) is 13.2 Å². The van der Waals surface area contributed by atoms with E-state index in [-0.39, 0.29) is 29.2 Å². The molecule has 3 heterocycles. The predicted octanol–water partition coefficient (Wildman–Crippen LogP) is 3.66. The van der Waals surface area contributed by atoms with Crippen molar-refractivity contribution in [2.24, 2.45) is 0 Å². The summed E-state index contributed by atoms with van der Waals surface area (Å²) < 4.78 is 46.0. The molecule has 4 rings (SSSR count). The van der Waals surface area contributed by atoms with Crippen LogP contribution in [0.15, 0.2) is 48.8 Å². The second-order valence-corrected chi connectivity index (χ2v) is 8.10. The topological polar surface area (TPSA) is 130 Å². The lowest BCUT2D eigenvalue weighted by atomic mass is 10.1. The van der Waals surface area contributed by atoms with Crippen LogP contribution in [-0.4, -0.2) is 46.6 Å². The number of ether oxygens (including phenoxy) is 1. The zero-order valence-electron chi connectivity index (χ0n) is 19.7. The summed E-state index contributed by atoms with van der Waals surface area (Å²) in [6, 6.07) is 7.37. The van der Waals surface area contributed by atoms with E-state index >= 15 is 0 Å². The van der Waals surface area contributed by atoms with Crippen LogP contribution in [0.5, 0.6) is 0 Å². The predicted molar refractivity (Wildman–Crippen MR) is 129 cm³/mol. The highest BCUT2D eigenvalue weighted by Crippen LogP contribution is 2.32. The van der Waals surface area contributed by atoms with Gasteiger partial charge in [-0.25, -0.2) is 15.0 Å². The second-order valence-electron chi connectivity index (χ2n) is 8.10. The van der Waals surface area contributed by atoms with Gasteiger partial charge < -0.3 is 26.0 Å². The van der Waals surface area contributed by atoms with Crippen molar-refractivity contribution in [3.63, 3.8) is 0 Å². The molecule has 0 radical (unpaired) electrons. The number of halogens is 3. The highest BCUT2D eigenvalue weighted by Gasteiger charge is 2.32. The number of anilines is 3. The zero-order chi connectivity index (χ0) is 26.4. The normalized spacial score (nSPS) is 15.2. The summed E-state index contributed by atoms with van der Waals surface area (Å²) in [5.74, 6) is -0.822. The van der Waals surface area contributed by atoms with E-state index in [1.165, 1.54) is 24.4 Å². The van der Waals surface area contributed by atoms with Gasteiger partial charge in [0.1, 0.15) is 12.0 Å². The summed E-state index contributed by atoms with van der Waals surface area (Å²) in [5, 5.41) is 10.8. The maximum atomic E-state index is 13.6. The molecule has 13 heteroatoms. The summed E-state index contributed by atoms with van der Waals surface area (Å²) in [4.78, 5) is 38.1. The average molecular weight is 515 g/mol. The number of benzene rings is 1. The Labute approximate surface area is 210 Å². The lowest BCUT2D eigenvalue weighted by molar-refractivity contribution is -0.137. The largest absolute Gasteiger partial charge is 0.416 e. The summed E-state index contributed by atoms with van der Waals surface area (Å²) in [6.07, 6.45) is -0.952. The third-order valence-corrected chi connectivity index (χ3v) is 5.43. The lowest BCUT2D eigenvalue weighted by Gasteiger charge is -2.16. The van der Waals surface area contributed by atoms with E-state index in [1.54, 1.807) is 19.3 Å². The fourth-order valence-corrected chi connectivity index (χ4v) is 3.63. The first-order chi connectivity index (χ1) is 17.7. The SMILES string of the molecule is CNc1nccc(CNc2ncccc2C(=O)Nc2cc(C(=O)NC3CCCO3)cc(C(F)(F)F)c2)n1. The number of nitrogens with zero attached hydrogens (tertiary/aromatic N) is 3. The van der Waals surface area contributed by atoms with Gasteiger partial charge in [-0.05, 0) is 49.2 Å². The van der Waals surface area contributed by atoms with Crippen molar-refractivity contribution in [3.8, 4) is 0 Å². The van der Waals surface area contributed by atoms with Crippen LogP contribution in [0.1, 0.15) is 44.8 Å². The molecule has 0 saturated carbocycles. The molecule has 10 nitrogen and oxygen atoms in total. The third-order valence-electron chi connectivity index (χ3n) is 5.43. The Hall–Kier alpha value is -4.26. The van der Waals surface area contributed by atoms with Gasteiger partial charge in [0, 0.05) is 37.3 Å². The molecule has 3 aromatic rings. The number of hydrogen-bond donors (Lipinski definition) is 4. The smallest absolute Gasteiger partial charge is 0.364 e. The molecule has 0 aliphatic carbocycles. The molecule has 0 bridgehead atoms. The molecule has 2 aromatic heterocycles. The minimum atomic E-state index is -4.73. The number of amides is 2. The van der Waals surface area contributed by atoms with E-state index in [4.69, 9.17) is 4.74 Å². The van der Waals surface area contributed by atoms with Crippen LogP contribution < -0.4 is 21.3 Å². The van der Waals surface area contributed by atoms with Crippen LogP contribution >= 0.6 is 0 Å². The molecule has 1 saturated heterocycles. The number of rotatable bonds is 8. The highest BCUT2D eigenvalue weighted by molar-refractivity contribution is 6.08. The molecule has 2 amide bonds. The Balaban J connectivity index is 1.54. The Morgan fingerprint density at radius 2 is 1.95 bits per heavy atom. The van der Waals surface area contributed by atoms with E-state index in [0.717, 1.165) is 18.6 Å². The van der Waals surface area contributed by atoms with Gasteiger partial charge in [0.05, 0.1) is 23.4 Å². The molecule has 194 valence electrons. The maximum Gasteiger partial charge on any atom is 0.416 e. The first kappa shape index (κ1) is 25.8. The van der Waals surface area contributed by atoms with Gasteiger partial charge in [0.25, 0.3) is 11.8 Å². The van der Waals surface area contributed by atoms with E-state index in [9.17, 15) is 22.8 Å². The lowest BCUT2D eigenvalue weighted by Crippen LogP contribution is -2.34. The molecule has 1 aliphatic rings. The van der Waals surface area contributed by atoms with Crippen molar-refractivity contribution in [2.75, 3.05) is 29.6 Å². The molecular weight excluding hydrogens is 491 g/mol. The highest BCUT2D eigenvalue weighted by atomic mass is 19.4. The molecule has 0 spiro atoms. The minimum absolute atomic E-state index is 0.0909. The van der Waals surface area contributed by atoms with Gasteiger partial charge in [0.2, 0.25) is 5.95 Å². The first-order valence-electron chi connectivity index (χ1n) is 11.4. The summed E-state index contributed by atoms with van der Waals surface area (Å²) >= 11 is 0. The fraction of sp³-hybridized carbons (Fsp3) is 0.292. The zero-order valence-corrected chi connectivity index (χ0v) is 19.7. The molecular formula is C24H24F3N7O3. The Kier molecular flexibility index (Phi) is 7.82. The first-order valence-corrected chi connectivity index (χ1v) is 11.4. The number of alkyl halides is 3. The Bertz CT molecular complexity index is 1280. The van der Waals surface area contributed by atoms with Gasteiger partial charge in [-0.1, -0.05) is 0 Å². The van der Waals surface area contributed by atoms with Crippen LogP contribution in [0.4, 0.5) is 30.6 Å². The van der Waals surface area contributed by atoms with Gasteiger partial charge in [0.15, 0.2) is 0 Å². The van der Waals surface area contributed by atoms with Crippen LogP contribution in [-0.2, 0) is 17.5 Å². The van der Waals surface area contributed by atoms with E-state index in [2.05, 4.69) is 36.2 Å². The number of carbonyl (C=O) groups is 2.